The van der Waals surface area contributed by atoms with Crippen LogP contribution in [-0.2, 0) is 0 Å². The quantitative estimate of drug-likeness (QED) is 0.399. The van der Waals surface area contributed by atoms with Crippen LogP contribution in [0, 0.1) is 0 Å². The van der Waals surface area contributed by atoms with E-state index >= 15 is 0 Å². The van der Waals surface area contributed by atoms with Crippen molar-refractivity contribution in [3.8, 4) is 0 Å². The van der Waals surface area contributed by atoms with Crippen LogP contribution in [0.15, 0.2) is 11.6 Å². The molecule has 14 heavy (non-hydrogen) atoms. The molecular weight excluding hydrogens is 194 g/mol. The molecule has 0 aliphatic heterocycles. The molecule has 1 aliphatic carbocycles. The van der Waals surface area contributed by atoms with E-state index in [0.29, 0.717) is 0 Å². The van der Waals surface area contributed by atoms with Gasteiger partial charge in [-0.15, -0.1) is 13.2 Å². The van der Waals surface area contributed by atoms with Gasteiger partial charge in [0.1, 0.15) is 14.0 Å². The Balaban J connectivity index is 2.55. The molecule has 0 aromatic rings. The molecule has 0 aromatic carbocycles. The first kappa shape index (κ1) is 12.1. The summed E-state index contributed by atoms with van der Waals surface area (Å²) < 4.78 is 0. The summed E-state index contributed by atoms with van der Waals surface area (Å²) in [6, 6.07) is 0. The maximum Gasteiger partial charge on any atom is 0.113 e. The van der Waals surface area contributed by atoms with Gasteiger partial charge in [0.2, 0.25) is 0 Å². The van der Waals surface area contributed by atoms with Gasteiger partial charge in [-0.25, -0.2) is 0 Å². The largest absolute Gasteiger partial charge is 0.390 e. The van der Waals surface area contributed by atoms with E-state index in [1.54, 1.807) is 0 Å². The Bertz CT molecular complexity index is 282. The molecule has 0 fully saturated rings. The fourth-order valence-corrected chi connectivity index (χ4v) is 2.57. The summed E-state index contributed by atoms with van der Waals surface area (Å²) in [5.74, 6) is 0.0891. The zero-order valence-electron chi connectivity index (χ0n) is 9.27. The highest BCUT2D eigenvalue weighted by atomic mass is 31.2. The molecule has 3 unspecified atom stereocenters. The molecule has 0 amide bonds. The summed E-state index contributed by atoms with van der Waals surface area (Å²) in [4.78, 5) is 0. The average molecular weight is 214 g/mol. The lowest BCUT2D eigenvalue weighted by Crippen LogP contribution is -2.25. The van der Waals surface area contributed by atoms with E-state index in [1.807, 2.05) is 13.9 Å². The Hall–Kier alpha value is 0.0249. The van der Waals surface area contributed by atoms with Gasteiger partial charge in [0, 0.05) is 0 Å². The number of hydrogen-bond donors (Lipinski definition) is 2. The Kier molecular flexibility index (Phi) is 3.68. The van der Waals surface area contributed by atoms with Crippen molar-refractivity contribution in [2.24, 2.45) is 0 Å². The minimum atomic E-state index is -1.02. The van der Waals surface area contributed by atoms with E-state index in [-0.39, 0.29) is 5.82 Å². The topological polar surface area (TPSA) is 40.5 Å². The average Bonchev–Trinajstić information content (AvgIpc) is 2.28. The van der Waals surface area contributed by atoms with Crippen molar-refractivity contribution >= 4 is 21.0 Å². The van der Waals surface area contributed by atoms with Crippen molar-refractivity contribution in [2.45, 2.75) is 24.4 Å². The summed E-state index contributed by atoms with van der Waals surface area (Å²) in [6.45, 7) is 3.36. The monoisotopic (exact) mass is 214 g/mol. The lowest BCUT2D eigenvalue weighted by molar-refractivity contribution is 0.0547. The molecule has 3 atom stereocenters. The van der Waals surface area contributed by atoms with E-state index in [4.69, 9.17) is 0 Å². The smallest absolute Gasteiger partial charge is 0.113 e. The van der Waals surface area contributed by atoms with Crippen LogP contribution in [0.25, 0.3) is 0 Å². The second kappa shape index (κ2) is 4.26. The molecule has 0 saturated carbocycles. The maximum absolute atomic E-state index is 9.70. The number of aliphatic hydroxyl groups excluding tert-OH is 2. The number of rotatable bonds is 3. The third-order valence-corrected chi connectivity index (χ3v) is 4.16. The second-order valence-electron chi connectivity index (χ2n) is 4.95. The molecule has 0 spiro atoms. The van der Waals surface area contributed by atoms with Gasteiger partial charge >= 0.3 is 0 Å². The summed E-state index contributed by atoms with van der Waals surface area (Å²) in [5.41, 5.74) is 1.00. The van der Waals surface area contributed by atoms with E-state index in [1.165, 1.54) is 0 Å². The molecule has 1 rings (SSSR count). The predicted molar refractivity (Wildman–Crippen MR) is 67.8 cm³/mol. The van der Waals surface area contributed by atoms with Crippen molar-refractivity contribution < 1.29 is 10.2 Å². The van der Waals surface area contributed by atoms with E-state index in [2.05, 4.69) is 19.6 Å². The second-order valence-corrected chi connectivity index (χ2v) is 9.26. The van der Waals surface area contributed by atoms with Crippen LogP contribution in [0.4, 0.5) is 0 Å². The third-order valence-electron chi connectivity index (χ3n) is 2.72. The summed E-state index contributed by atoms with van der Waals surface area (Å²) >= 11 is 0. The van der Waals surface area contributed by atoms with E-state index < -0.39 is 19.1 Å². The first-order valence-corrected chi connectivity index (χ1v) is 8.11. The van der Waals surface area contributed by atoms with Gasteiger partial charge in [0.15, 0.2) is 0 Å². The summed E-state index contributed by atoms with van der Waals surface area (Å²) in [5, 5.41) is 19.3. The van der Waals surface area contributed by atoms with Crippen LogP contribution in [0.5, 0.6) is 0 Å². The van der Waals surface area contributed by atoms with Gasteiger partial charge in [0.25, 0.3) is 0 Å². The van der Waals surface area contributed by atoms with Crippen molar-refractivity contribution in [2.75, 3.05) is 19.5 Å². The minimum absolute atomic E-state index is 0.0891. The van der Waals surface area contributed by atoms with Crippen molar-refractivity contribution in [1.29, 1.82) is 0 Å². The van der Waals surface area contributed by atoms with Gasteiger partial charge < -0.3 is 10.2 Å². The highest BCUT2D eigenvalue weighted by molar-refractivity contribution is 7.72. The first-order valence-electron chi connectivity index (χ1n) is 5.05. The molecule has 0 radical (unpaired) electrons. The van der Waals surface area contributed by atoms with Gasteiger partial charge in [-0.05, 0) is 37.3 Å². The molecule has 1 aliphatic rings. The zero-order valence-corrected chi connectivity index (χ0v) is 10.2. The van der Waals surface area contributed by atoms with Crippen LogP contribution in [0.3, 0.4) is 0 Å². The first-order chi connectivity index (χ1) is 6.31. The fraction of sp³-hybridized carbons (Fsp3) is 0.700. The standard InChI is InChI=1S/C10H20BO2P/c1-14(2,3)5-4-7-6-8(11)10(13)9(7)12/h6,8-10,12-13H,1,4-5,11H2,2-3H3. The van der Waals surface area contributed by atoms with Gasteiger partial charge in [-0.3, -0.25) is 0 Å². The molecule has 80 valence electrons. The SMILES string of the molecule is BC1C=C(CCP(=C)(C)C)C(O)C1O. The summed E-state index contributed by atoms with van der Waals surface area (Å²) in [6.07, 6.45) is 6.83. The van der Waals surface area contributed by atoms with Crippen molar-refractivity contribution in [3.63, 3.8) is 0 Å². The molecule has 0 bridgehead atoms. The highest BCUT2D eigenvalue weighted by Gasteiger charge is 2.31. The number of hydrogen-bond acceptors (Lipinski definition) is 2. The van der Waals surface area contributed by atoms with Crippen molar-refractivity contribution in [1.82, 2.24) is 0 Å². The van der Waals surface area contributed by atoms with E-state index in [0.717, 1.165) is 18.2 Å². The fourth-order valence-electron chi connectivity index (χ4n) is 1.70. The third kappa shape index (κ3) is 3.01. The lowest BCUT2D eigenvalue weighted by Gasteiger charge is -2.17. The van der Waals surface area contributed by atoms with Crippen LogP contribution >= 0.6 is 6.89 Å². The van der Waals surface area contributed by atoms with Crippen molar-refractivity contribution in [3.05, 3.63) is 11.6 Å². The Morgan fingerprint density at radius 1 is 1.50 bits per heavy atom. The lowest BCUT2D eigenvalue weighted by atomic mass is 9.85. The van der Waals surface area contributed by atoms with Gasteiger partial charge in [0.05, 0.1) is 6.10 Å². The highest BCUT2D eigenvalue weighted by Crippen LogP contribution is 2.39. The predicted octanol–water partition coefficient (Wildman–Crippen LogP) is 0.169. The minimum Gasteiger partial charge on any atom is -0.390 e. The Labute approximate surface area is 87.4 Å². The van der Waals surface area contributed by atoms with E-state index in [9.17, 15) is 10.2 Å². The van der Waals surface area contributed by atoms with Crippen LogP contribution < -0.4 is 0 Å². The molecule has 0 saturated heterocycles. The molecule has 4 heteroatoms. The number of aliphatic hydroxyl groups is 2. The summed E-state index contributed by atoms with van der Waals surface area (Å²) in [7, 11) is 1.94. The van der Waals surface area contributed by atoms with Gasteiger partial charge in [-0.1, -0.05) is 6.08 Å². The van der Waals surface area contributed by atoms with Crippen LogP contribution in [-0.4, -0.2) is 56.1 Å². The maximum atomic E-state index is 9.70. The van der Waals surface area contributed by atoms with Gasteiger partial charge in [-0.2, -0.15) is 0 Å². The normalized spacial score (nSPS) is 33.1. The molecule has 2 nitrogen and oxygen atoms in total. The molecular formula is C10H20BO2P. The van der Waals surface area contributed by atoms with Crippen LogP contribution in [0.2, 0.25) is 5.82 Å². The Morgan fingerprint density at radius 2 is 2.07 bits per heavy atom. The molecule has 0 aromatic heterocycles. The molecule has 2 N–H and O–H groups in total. The van der Waals surface area contributed by atoms with Crippen LogP contribution in [0.1, 0.15) is 6.42 Å². The molecule has 0 heterocycles. The zero-order chi connectivity index (χ0) is 10.9. The Morgan fingerprint density at radius 3 is 2.43 bits per heavy atom.